The molecule has 0 unspecified atom stereocenters. The van der Waals surface area contributed by atoms with Crippen molar-refractivity contribution in [3.8, 4) is 0 Å². The van der Waals surface area contributed by atoms with Gasteiger partial charge in [-0.05, 0) is 69.4 Å². The minimum absolute atomic E-state index is 0.360. The van der Waals surface area contributed by atoms with E-state index in [0.29, 0.717) is 6.61 Å². The summed E-state index contributed by atoms with van der Waals surface area (Å²) < 4.78 is 0. The van der Waals surface area contributed by atoms with Crippen LogP contribution in [0.15, 0.2) is 0 Å². The smallest absolute Gasteiger partial charge is 0.0431 e. The summed E-state index contributed by atoms with van der Waals surface area (Å²) in [5, 5.41) is 12.3. The fourth-order valence-corrected chi connectivity index (χ4v) is 2.75. The second-order valence-corrected chi connectivity index (χ2v) is 5.68. The number of rotatable bonds is 10. The van der Waals surface area contributed by atoms with Crippen molar-refractivity contribution >= 4 is 0 Å². The monoisotopic (exact) mass is 225 g/mol. The number of hydrogen-bond acceptors (Lipinski definition) is 2. The van der Waals surface area contributed by atoms with Crippen LogP contribution in [0.4, 0.5) is 0 Å². The summed E-state index contributed by atoms with van der Waals surface area (Å²) in [6.45, 7) is 2.82. The number of aliphatic hydroxyl groups excluding tert-OH is 1. The van der Waals surface area contributed by atoms with Gasteiger partial charge >= 0.3 is 0 Å². The molecule has 0 radical (unpaired) electrons. The molecule has 0 atom stereocenters. The Morgan fingerprint density at radius 1 is 0.938 bits per heavy atom. The van der Waals surface area contributed by atoms with Gasteiger partial charge in [0.15, 0.2) is 0 Å². The number of nitrogens with one attached hydrogen (secondary N) is 1. The molecule has 2 saturated carbocycles. The zero-order valence-corrected chi connectivity index (χ0v) is 10.5. The lowest BCUT2D eigenvalue weighted by atomic mass is 9.98. The van der Waals surface area contributed by atoms with Crippen molar-refractivity contribution in [3.63, 3.8) is 0 Å². The van der Waals surface area contributed by atoms with Crippen molar-refractivity contribution in [2.45, 2.75) is 51.4 Å². The maximum absolute atomic E-state index is 8.66. The first-order chi connectivity index (χ1) is 7.92. The highest BCUT2D eigenvalue weighted by Crippen LogP contribution is 2.48. The van der Waals surface area contributed by atoms with Gasteiger partial charge in [0.05, 0.1) is 0 Å². The normalized spacial score (nSPS) is 20.6. The Morgan fingerprint density at radius 3 is 2.12 bits per heavy atom. The topological polar surface area (TPSA) is 32.3 Å². The number of unbranched alkanes of at least 4 members (excludes halogenated alkanes) is 3. The Kier molecular flexibility index (Phi) is 5.11. The van der Waals surface area contributed by atoms with Crippen LogP contribution in [0.2, 0.25) is 0 Å². The highest BCUT2D eigenvalue weighted by Gasteiger charge is 2.40. The van der Waals surface area contributed by atoms with Gasteiger partial charge in [-0.2, -0.15) is 0 Å². The summed E-state index contributed by atoms with van der Waals surface area (Å²) in [6.07, 6.45) is 10.7. The fraction of sp³-hybridized carbons (Fsp3) is 1.00. The van der Waals surface area contributed by atoms with E-state index < -0.39 is 0 Å². The van der Waals surface area contributed by atoms with E-state index in [4.69, 9.17) is 5.11 Å². The van der Waals surface area contributed by atoms with Crippen molar-refractivity contribution < 1.29 is 5.11 Å². The van der Waals surface area contributed by atoms with Crippen molar-refractivity contribution in [2.24, 2.45) is 17.8 Å². The standard InChI is InChI=1S/C14H27NO/c16-10-4-2-1-3-9-15-11-14(12-5-6-12)13-7-8-13/h12-16H,1-11H2. The van der Waals surface area contributed by atoms with Crippen LogP contribution in [-0.2, 0) is 0 Å². The molecular weight excluding hydrogens is 198 g/mol. The summed E-state index contributed by atoms with van der Waals surface area (Å²) in [5.41, 5.74) is 0. The molecule has 2 aliphatic carbocycles. The molecule has 2 heteroatoms. The van der Waals surface area contributed by atoms with Gasteiger partial charge in [0.2, 0.25) is 0 Å². The molecule has 2 nitrogen and oxygen atoms in total. The van der Waals surface area contributed by atoms with Crippen LogP contribution in [0.5, 0.6) is 0 Å². The minimum Gasteiger partial charge on any atom is -0.396 e. The van der Waals surface area contributed by atoms with E-state index >= 15 is 0 Å². The van der Waals surface area contributed by atoms with Crippen LogP contribution >= 0.6 is 0 Å². The SMILES string of the molecule is OCCCCCCNCC(C1CC1)C1CC1. The quantitative estimate of drug-likeness (QED) is 0.560. The lowest BCUT2D eigenvalue weighted by Crippen LogP contribution is -2.26. The number of aliphatic hydroxyl groups is 1. The molecule has 0 aromatic carbocycles. The molecule has 0 spiro atoms. The molecule has 16 heavy (non-hydrogen) atoms. The highest BCUT2D eigenvalue weighted by molar-refractivity contribution is 4.92. The second-order valence-electron chi connectivity index (χ2n) is 5.68. The Morgan fingerprint density at radius 2 is 1.56 bits per heavy atom. The summed E-state index contributed by atoms with van der Waals surface area (Å²) in [7, 11) is 0. The molecule has 0 aromatic heterocycles. The van der Waals surface area contributed by atoms with Crippen LogP contribution < -0.4 is 5.32 Å². The second kappa shape index (κ2) is 6.61. The van der Waals surface area contributed by atoms with Crippen molar-refractivity contribution in [1.29, 1.82) is 0 Å². The van der Waals surface area contributed by atoms with E-state index in [9.17, 15) is 0 Å². The van der Waals surface area contributed by atoms with E-state index in [2.05, 4.69) is 5.32 Å². The zero-order valence-electron chi connectivity index (χ0n) is 10.5. The Labute approximate surface area is 99.8 Å². The molecule has 0 heterocycles. The van der Waals surface area contributed by atoms with Gasteiger partial charge in [0.25, 0.3) is 0 Å². The number of hydrogen-bond donors (Lipinski definition) is 2. The first-order valence-corrected chi connectivity index (χ1v) is 7.23. The fourth-order valence-electron chi connectivity index (χ4n) is 2.75. The summed E-state index contributed by atoms with van der Waals surface area (Å²) >= 11 is 0. The molecule has 2 aliphatic rings. The first kappa shape index (κ1) is 12.4. The zero-order chi connectivity index (χ0) is 11.2. The average molecular weight is 225 g/mol. The predicted molar refractivity (Wildman–Crippen MR) is 67.4 cm³/mol. The molecule has 0 bridgehead atoms. The van der Waals surface area contributed by atoms with Crippen molar-refractivity contribution in [1.82, 2.24) is 5.32 Å². The average Bonchev–Trinajstić information content (AvgIpc) is 3.16. The van der Waals surface area contributed by atoms with E-state index in [1.165, 1.54) is 58.0 Å². The van der Waals surface area contributed by atoms with Crippen LogP contribution in [0.1, 0.15) is 51.4 Å². The molecular formula is C14H27NO. The highest BCUT2D eigenvalue weighted by atomic mass is 16.2. The lowest BCUT2D eigenvalue weighted by Gasteiger charge is -2.16. The first-order valence-electron chi connectivity index (χ1n) is 7.23. The van der Waals surface area contributed by atoms with Crippen LogP contribution in [0.3, 0.4) is 0 Å². The Bertz CT molecular complexity index is 175. The summed E-state index contributed by atoms with van der Waals surface area (Å²) in [4.78, 5) is 0. The largest absolute Gasteiger partial charge is 0.396 e. The van der Waals surface area contributed by atoms with Gasteiger partial charge in [0, 0.05) is 6.61 Å². The molecule has 0 aromatic rings. The van der Waals surface area contributed by atoms with Crippen LogP contribution in [0.25, 0.3) is 0 Å². The Hall–Kier alpha value is -0.0800. The third-order valence-corrected chi connectivity index (χ3v) is 4.10. The molecule has 2 rings (SSSR count). The van der Waals surface area contributed by atoms with Crippen molar-refractivity contribution in [3.05, 3.63) is 0 Å². The van der Waals surface area contributed by atoms with Gasteiger partial charge in [-0.1, -0.05) is 12.8 Å². The van der Waals surface area contributed by atoms with Gasteiger partial charge < -0.3 is 10.4 Å². The van der Waals surface area contributed by atoms with Crippen molar-refractivity contribution in [2.75, 3.05) is 19.7 Å². The van der Waals surface area contributed by atoms with Gasteiger partial charge in [-0.3, -0.25) is 0 Å². The van der Waals surface area contributed by atoms with Gasteiger partial charge in [-0.15, -0.1) is 0 Å². The summed E-state index contributed by atoms with van der Waals surface area (Å²) in [6, 6.07) is 0. The van der Waals surface area contributed by atoms with Crippen LogP contribution in [-0.4, -0.2) is 24.8 Å². The van der Waals surface area contributed by atoms with E-state index in [-0.39, 0.29) is 0 Å². The van der Waals surface area contributed by atoms with E-state index in [1.807, 2.05) is 0 Å². The maximum atomic E-state index is 8.66. The Balaban J connectivity index is 1.44. The van der Waals surface area contributed by atoms with E-state index in [0.717, 1.165) is 24.2 Å². The minimum atomic E-state index is 0.360. The molecule has 2 N–H and O–H groups in total. The third kappa shape index (κ3) is 4.42. The third-order valence-electron chi connectivity index (χ3n) is 4.10. The lowest BCUT2D eigenvalue weighted by molar-refractivity contribution is 0.282. The molecule has 94 valence electrons. The maximum Gasteiger partial charge on any atom is 0.0431 e. The molecule has 2 fully saturated rings. The van der Waals surface area contributed by atoms with Gasteiger partial charge in [0.1, 0.15) is 0 Å². The van der Waals surface area contributed by atoms with Crippen LogP contribution in [0, 0.1) is 17.8 Å². The molecule has 0 amide bonds. The molecule has 0 aliphatic heterocycles. The molecule has 0 saturated heterocycles. The predicted octanol–water partition coefficient (Wildman–Crippen LogP) is 2.56. The van der Waals surface area contributed by atoms with E-state index in [1.54, 1.807) is 0 Å². The summed E-state index contributed by atoms with van der Waals surface area (Å²) in [5.74, 6) is 3.17. The van der Waals surface area contributed by atoms with Gasteiger partial charge in [-0.25, -0.2) is 0 Å².